The van der Waals surface area contributed by atoms with E-state index >= 15 is 0 Å². The molecule has 2 aliphatic carbocycles. The molecule has 5 aromatic carbocycles. The number of ketones is 2. The van der Waals surface area contributed by atoms with Crippen LogP contribution in [0, 0.1) is 10.8 Å². The summed E-state index contributed by atoms with van der Waals surface area (Å²) in [7, 11) is 0. The lowest BCUT2D eigenvalue weighted by atomic mass is 9.87. The Morgan fingerprint density at radius 1 is 0.558 bits per heavy atom. The van der Waals surface area contributed by atoms with Crippen molar-refractivity contribution >= 4 is 49.7 Å². The van der Waals surface area contributed by atoms with E-state index in [2.05, 4.69) is 111 Å². The molecule has 0 saturated heterocycles. The average Bonchev–Trinajstić information content (AvgIpc) is 3.66. The number of fused-ring (bicyclic) bond motifs is 8. The molecule has 208 valence electrons. The van der Waals surface area contributed by atoms with Crippen LogP contribution in [-0.2, 0) is 12.8 Å². The van der Waals surface area contributed by atoms with E-state index in [-0.39, 0.29) is 11.6 Å². The molecule has 43 heavy (non-hydrogen) atoms. The molecule has 0 amide bonds. The van der Waals surface area contributed by atoms with Crippen molar-refractivity contribution in [3.8, 4) is 22.3 Å². The fourth-order valence-corrected chi connectivity index (χ4v) is 8.27. The van der Waals surface area contributed by atoms with Crippen molar-refractivity contribution in [1.82, 2.24) is 4.40 Å². The van der Waals surface area contributed by atoms with Crippen LogP contribution >= 0.6 is 0 Å². The van der Waals surface area contributed by atoms with Gasteiger partial charge in [-0.2, -0.15) is 0 Å². The summed E-state index contributed by atoms with van der Waals surface area (Å²) < 4.78 is 2.35. The molecule has 0 spiro atoms. The Kier molecular flexibility index (Phi) is 4.61. The third kappa shape index (κ3) is 3.04. The summed E-state index contributed by atoms with van der Waals surface area (Å²) in [4.78, 5) is 27.7. The molecule has 0 fully saturated rings. The summed E-state index contributed by atoms with van der Waals surface area (Å²) in [6, 6.07) is 32.0. The Hall–Kier alpha value is -4.76. The van der Waals surface area contributed by atoms with Crippen molar-refractivity contribution in [3.63, 3.8) is 0 Å². The van der Waals surface area contributed by atoms with Gasteiger partial charge in [0.05, 0.1) is 16.6 Å². The Labute approximate surface area is 250 Å². The van der Waals surface area contributed by atoms with Crippen LogP contribution in [0.25, 0.3) is 60.3 Å². The molecule has 0 N–H and O–H groups in total. The van der Waals surface area contributed by atoms with Crippen molar-refractivity contribution in [3.05, 3.63) is 113 Å². The van der Waals surface area contributed by atoms with Gasteiger partial charge in [0.25, 0.3) is 0 Å². The first-order chi connectivity index (χ1) is 20.7. The topological polar surface area (TPSA) is 38.5 Å². The molecule has 0 bridgehead atoms. The highest BCUT2D eigenvalue weighted by Gasteiger charge is 2.42. The van der Waals surface area contributed by atoms with Gasteiger partial charge in [0.1, 0.15) is 0 Å². The molecule has 0 saturated carbocycles. The van der Waals surface area contributed by atoms with E-state index < -0.39 is 10.8 Å². The van der Waals surface area contributed by atoms with Gasteiger partial charge in [0, 0.05) is 43.5 Å². The fraction of sp³-hybridized carbons (Fsp3) is 0.200. The molecule has 7 aromatic rings. The van der Waals surface area contributed by atoms with Gasteiger partial charge in [0.15, 0.2) is 11.6 Å². The van der Waals surface area contributed by atoms with Crippen molar-refractivity contribution in [2.45, 2.75) is 40.5 Å². The highest BCUT2D eigenvalue weighted by molar-refractivity contribution is 6.30. The van der Waals surface area contributed by atoms with Gasteiger partial charge in [-0.25, -0.2) is 0 Å². The van der Waals surface area contributed by atoms with Crippen LogP contribution in [0.15, 0.2) is 91.0 Å². The fourth-order valence-electron chi connectivity index (χ4n) is 8.27. The lowest BCUT2D eigenvalue weighted by Crippen LogP contribution is -2.18. The van der Waals surface area contributed by atoms with Gasteiger partial charge in [0.2, 0.25) is 0 Å². The third-order valence-corrected chi connectivity index (χ3v) is 10.2. The predicted octanol–water partition coefficient (Wildman–Crippen LogP) is 9.70. The number of carbonyl (C=O) groups excluding carboxylic acids is 2. The molecule has 2 heterocycles. The molecule has 0 radical (unpaired) electrons. The van der Waals surface area contributed by atoms with Gasteiger partial charge in [-0.05, 0) is 58.4 Å². The van der Waals surface area contributed by atoms with E-state index in [0.29, 0.717) is 0 Å². The lowest BCUT2D eigenvalue weighted by molar-refractivity contribution is 0.0857. The third-order valence-electron chi connectivity index (χ3n) is 10.2. The minimum atomic E-state index is -0.451. The van der Waals surface area contributed by atoms with Gasteiger partial charge < -0.3 is 4.40 Å². The number of hydrogen-bond donors (Lipinski definition) is 0. The number of hydrogen-bond acceptors (Lipinski definition) is 2. The second-order valence-electron chi connectivity index (χ2n) is 13.9. The van der Waals surface area contributed by atoms with Gasteiger partial charge in [-0.15, -0.1) is 0 Å². The maximum atomic E-state index is 13.9. The van der Waals surface area contributed by atoms with Crippen LogP contribution in [0.2, 0.25) is 0 Å². The van der Waals surface area contributed by atoms with Crippen LogP contribution < -0.4 is 0 Å². The number of para-hydroxylation sites is 1. The molecule has 0 aliphatic heterocycles. The zero-order chi connectivity index (χ0) is 29.4. The summed E-state index contributed by atoms with van der Waals surface area (Å²) in [5.74, 6) is 0.405. The molecule has 0 atom stereocenters. The number of nitrogens with zero attached hydrogens (tertiary/aromatic N) is 1. The standard InChI is InChI=1S/C40H31NO2/c1-39(2)20-28-26(37(39)42)18-30-34(32(28)22-12-7-5-8-13-22)24-16-11-17-25-35-31(41(30)36(24)25)19-27-29(21-40(3,4)38(27)43)33(35)23-14-9-6-10-15-23/h5-19H,20-21H2,1-4H3. The van der Waals surface area contributed by atoms with E-state index in [0.717, 1.165) is 73.9 Å². The van der Waals surface area contributed by atoms with Crippen molar-refractivity contribution in [1.29, 1.82) is 0 Å². The van der Waals surface area contributed by atoms with E-state index in [1.807, 2.05) is 12.1 Å². The largest absolute Gasteiger partial charge is 0.308 e. The molecule has 0 unspecified atom stereocenters. The molecule has 3 heteroatoms. The van der Waals surface area contributed by atoms with Crippen molar-refractivity contribution in [2.24, 2.45) is 10.8 Å². The molecule has 9 rings (SSSR count). The number of Topliss-reactive ketones (excluding diaryl/α,β-unsaturated/α-hetero) is 2. The van der Waals surface area contributed by atoms with Crippen molar-refractivity contribution in [2.75, 3.05) is 0 Å². The van der Waals surface area contributed by atoms with Gasteiger partial charge in [-0.3, -0.25) is 9.59 Å². The average molecular weight is 558 g/mol. The SMILES string of the molecule is CC1(C)Cc2c(cc3c(c2-c2ccccc2)c2cccc4c5c(-c6ccccc6)c6c(cc5n3c24)C(=O)C(C)(C)C6)C1=O. The number of benzene rings is 5. The first kappa shape index (κ1) is 24.8. The Bertz CT molecular complexity index is 2190. The van der Waals surface area contributed by atoms with Crippen LogP contribution in [0.3, 0.4) is 0 Å². The van der Waals surface area contributed by atoms with Crippen LogP contribution in [0.4, 0.5) is 0 Å². The van der Waals surface area contributed by atoms with E-state index in [1.54, 1.807) is 0 Å². The molecular weight excluding hydrogens is 526 g/mol. The number of aromatic nitrogens is 1. The summed E-state index contributed by atoms with van der Waals surface area (Å²) in [5, 5.41) is 4.75. The van der Waals surface area contributed by atoms with E-state index in [4.69, 9.17) is 0 Å². The minimum absolute atomic E-state index is 0.203. The highest BCUT2D eigenvalue weighted by atomic mass is 16.1. The Morgan fingerprint density at radius 2 is 0.977 bits per heavy atom. The maximum Gasteiger partial charge on any atom is 0.169 e. The zero-order valence-electron chi connectivity index (χ0n) is 24.8. The summed E-state index contributed by atoms with van der Waals surface area (Å²) >= 11 is 0. The minimum Gasteiger partial charge on any atom is -0.308 e. The van der Waals surface area contributed by atoms with Crippen molar-refractivity contribution < 1.29 is 9.59 Å². The Morgan fingerprint density at radius 3 is 1.40 bits per heavy atom. The molecule has 3 nitrogen and oxygen atoms in total. The first-order valence-corrected chi connectivity index (χ1v) is 15.2. The first-order valence-electron chi connectivity index (χ1n) is 15.2. The van der Waals surface area contributed by atoms with Crippen LogP contribution in [0.5, 0.6) is 0 Å². The second-order valence-corrected chi connectivity index (χ2v) is 13.9. The quantitative estimate of drug-likeness (QED) is 0.212. The number of carbonyl (C=O) groups is 2. The lowest BCUT2D eigenvalue weighted by Gasteiger charge is -2.15. The van der Waals surface area contributed by atoms with E-state index in [1.165, 1.54) is 21.5 Å². The molecular formula is C40H31NO2. The van der Waals surface area contributed by atoms with Gasteiger partial charge >= 0.3 is 0 Å². The number of rotatable bonds is 2. The summed E-state index contributed by atoms with van der Waals surface area (Å²) in [6.45, 7) is 8.26. The second kappa shape index (κ2) is 7.99. The predicted molar refractivity (Wildman–Crippen MR) is 176 cm³/mol. The monoisotopic (exact) mass is 557 g/mol. The van der Waals surface area contributed by atoms with E-state index in [9.17, 15) is 9.59 Å². The highest BCUT2D eigenvalue weighted by Crippen LogP contribution is 2.52. The molecule has 2 aliphatic rings. The van der Waals surface area contributed by atoms with Gasteiger partial charge in [-0.1, -0.05) is 107 Å². The smallest absolute Gasteiger partial charge is 0.169 e. The Balaban J connectivity index is 1.53. The maximum absolute atomic E-state index is 13.9. The normalized spacial score (nSPS) is 17.1. The summed E-state index contributed by atoms with van der Waals surface area (Å²) in [6.07, 6.45) is 1.44. The van der Waals surface area contributed by atoms with Crippen LogP contribution in [0.1, 0.15) is 59.5 Å². The molecule has 2 aromatic heterocycles. The zero-order valence-corrected chi connectivity index (χ0v) is 24.8. The van der Waals surface area contributed by atoms with Crippen LogP contribution in [-0.4, -0.2) is 16.0 Å². The summed E-state index contributed by atoms with van der Waals surface area (Å²) in [5.41, 5.74) is 10.9.